The van der Waals surface area contributed by atoms with Crippen LogP contribution >= 0.6 is 0 Å². The molecule has 0 saturated carbocycles. The summed E-state index contributed by atoms with van der Waals surface area (Å²) in [7, 11) is 0. The molecule has 0 radical (unpaired) electrons. The van der Waals surface area contributed by atoms with Crippen LogP contribution in [-0.4, -0.2) is 18.2 Å². The van der Waals surface area contributed by atoms with E-state index < -0.39 is 0 Å². The Kier molecular flexibility index (Phi) is 3.73. The molecular formula is C10H16N2O. The van der Waals surface area contributed by atoms with Crippen molar-refractivity contribution in [1.82, 2.24) is 5.32 Å². The lowest BCUT2D eigenvalue weighted by atomic mass is 10.1. The minimum absolute atomic E-state index is 0.351. The van der Waals surface area contributed by atoms with Gasteiger partial charge >= 0.3 is 0 Å². The van der Waals surface area contributed by atoms with Gasteiger partial charge in [-0.05, 0) is 18.6 Å². The molecular weight excluding hydrogens is 164 g/mol. The first-order valence-corrected chi connectivity index (χ1v) is 4.44. The summed E-state index contributed by atoms with van der Waals surface area (Å²) in [6, 6.07) is 5.53. The fourth-order valence-electron chi connectivity index (χ4n) is 1.23. The van der Waals surface area contributed by atoms with Gasteiger partial charge in [-0.15, -0.1) is 0 Å². The first-order chi connectivity index (χ1) is 6.25. The molecule has 0 fully saturated rings. The molecule has 13 heavy (non-hydrogen) atoms. The molecule has 1 aromatic rings. The average Bonchev–Trinajstić information content (AvgIpc) is 2.10. The minimum Gasteiger partial charge on any atom is -0.508 e. The van der Waals surface area contributed by atoms with E-state index in [4.69, 9.17) is 5.73 Å². The van der Waals surface area contributed by atoms with E-state index in [-0.39, 0.29) is 0 Å². The van der Waals surface area contributed by atoms with E-state index in [0.717, 1.165) is 17.7 Å². The quantitative estimate of drug-likeness (QED) is 0.599. The number of nitrogens with two attached hydrogens (primary N) is 1. The van der Waals surface area contributed by atoms with Crippen LogP contribution in [0.25, 0.3) is 0 Å². The Balaban J connectivity index is 2.64. The molecule has 1 rings (SSSR count). The summed E-state index contributed by atoms with van der Waals surface area (Å²) in [5.74, 6) is 0.351. The number of hydrogen-bond acceptors (Lipinski definition) is 3. The highest BCUT2D eigenvalue weighted by Crippen LogP contribution is 2.19. The average molecular weight is 180 g/mol. The first-order valence-electron chi connectivity index (χ1n) is 4.44. The van der Waals surface area contributed by atoms with Gasteiger partial charge in [0.2, 0.25) is 0 Å². The standard InChI is InChI=1S/C10H16N2O/c1-8-3-2-4-10(13)9(8)7-12-6-5-11/h2-4,12-13H,5-7,11H2,1H3. The zero-order valence-corrected chi connectivity index (χ0v) is 7.88. The minimum atomic E-state index is 0.351. The van der Waals surface area contributed by atoms with Gasteiger partial charge in [0, 0.05) is 25.2 Å². The van der Waals surface area contributed by atoms with Crippen molar-refractivity contribution in [3.8, 4) is 5.75 Å². The monoisotopic (exact) mass is 180 g/mol. The van der Waals surface area contributed by atoms with Crippen molar-refractivity contribution < 1.29 is 5.11 Å². The lowest BCUT2D eigenvalue weighted by Crippen LogP contribution is -2.22. The Morgan fingerprint density at radius 3 is 2.85 bits per heavy atom. The van der Waals surface area contributed by atoms with E-state index in [1.165, 1.54) is 0 Å². The summed E-state index contributed by atoms with van der Waals surface area (Å²) in [6.07, 6.45) is 0. The van der Waals surface area contributed by atoms with Crippen LogP contribution in [0.3, 0.4) is 0 Å². The molecule has 0 aliphatic carbocycles. The number of phenolic OH excluding ortho intramolecular Hbond substituents is 1. The summed E-state index contributed by atoms with van der Waals surface area (Å²) >= 11 is 0. The second-order valence-corrected chi connectivity index (χ2v) is 3.04. The number of aromatic hydroxyl groups is 1. The lowest BCUT2D eigenvalue weighted by molar-refractivity contribution is 0.464. The number of rotatable bonds is 4. The summed E-state index contributed by atoms with van der Waals surface area (Å²) in [5, 5.41) is 12.7. The van der Waals surface area contributed by atoms with Gasteiger partial charge in [-0.2, -0.15) is 0 Å². The van der Waals surface area contributed by atoms with Crippen molar-refractivity contribution >= 4 is 0 Å². The van der Waals surface area contributed by atoms with Crippen LogP contribution in [0.4, 0.5) is 0 Å². The molecule has 0 spiro atoms. The predicted octanol–water partition coefficient (Wildman–Crippen LogP) is 0.749. The third-order valence-electron chi connectivity index (χ3n) is 2.01. The molecule has 0 amide bonds. The van der Waals surface area contributed by atoms with Crippen molar-refractivity contribution in [2.75, 3.05) is 13.1 Å². The lowest BCUT2D eigenvalue weighted by Gasteiger charge is -2.08. The van der Waals surface area contributed by atoms with Crippen molar-refractivity contribution in [2.24, 2.45) is 5.73 Å². The van der Waals surface area contributed by atoms with Crippen molar-refractivity contribution in [3.05, 3.63) is 29.3 Å². The van der Waals surface area contributed by atoms with Crippen molar-refractivity contribution in [1.29, 1.82) is 0 Å². The highest BCUT2D eigenvalue weighted by molar-refractivity contribution is 5.38. The molecule has 0 heterocycles. The fraction of sp³-hybridized carbons (Fsp3) is 0.400. The molecule has 0 atom stereocenters. The van der Waals surface area contributed by atoms with Crippen LogP contribution in [0.2, 0.25) is 0 Å². The summed E-state index contributed by atoms with van der Waals surface area (Å²) in [6.45, 7) is 4.05. The third kappa shape index (κ3) is 2.72. The second kappa shape index (κ2) is 4.84. The van der Waals surface area contributed by atoms with E-state index in [1.54, 1.807) is 6.07 Å². The van der Waals surface area contributed by atoms with Gasteiger partial charge in [-0.1, -0.05) is 12.1 Å². The van der Waals surface area contributed by atoms with Gasteiger partial charge in [-0.3, -0.25) is 0 Å². The number of nitrogens with one attached hydrogen (secondary N) is 1. The Labute approximate surface area is 78.6 Å². The van der Waals surface area contributed by atoms with Gasteiger partial charge in [0.15, 0.2) is 0 Å². The number of benzene rings is 1. The van der Waals surface area contributed by atoms with Crippen molar-refractivity contribution in [2.45, 2.75) is 13.5 Å². The van der Waals surface area contributed by atoms with E-state index in [9.17, 15) is 5.11 Å². The van der Waals surface area contributed by atoms with Gasteiger partial charge in [0.25, 0.3) is 0 Å². The molecule has 72 valence electrons. The van der Waals surface area contributed by atoms with Gasteiger partial charge in [0.05, 0.1) is 0 Å². The molecule has 0 aliphatic rings. The Morgan fingerprint density at radius 1 is 1.46 bits per heavy atom. The Morgan fingerprint density at radius 2 is 2.23 bits per heavy atom. The zero-order chi connectivity index (χ0) is 9.68. The van der Waals surface area contributed by atoms with E-state index in [0.29, 0.717) is 18.8 Å². The van der Waals surface area contributed by atoms with E-state index >= 15 is 0 Å². The Hall–Kier alpha value is -1.06. The van der Waals surface area contributed by atoms with Crippen molar-refractivity contribution in [3.63, 3.8) is 0 Å². The van der Waals surface area contributed by atoms with Crippen LogP contribution < -0.4 is 11.1 Å². The largest absolute Gasteiger partial charge is 0.508 e. The molecule has 3 nitrogen and oxygen atoms in total. The van der Waals surface area contributed by atoms with Crippen LogP contribution in [0.15, 0.2) is 18.2 Å². The second-order valence-electron chi connectivity index (χ2n) is 3.04. The van der Waals surface area contributed by atoms with E-state index in [2.05, 4.69) is 5.32 Å². The Bertz CT molecular complexity index is 253. The molecule has 0 bridgehead atoms. The SMILES string of the molecule is Cc1cccc(O)c1CNCCN. The number of hydrogen-bond donors (Lipinski definition) is 3. The summed E-state index contributed by atoms with van der Waals surface area (Å²) in [5.41, 5.74) is 7.40. The van der Waals surface area contributed by atoms with Crippen LogP contribution in [0.1, 0.15) is 11.1 Å². The number of phenols is 1. The van der Waals surface area contributed by atoms with Crippen LogP contribution in [0.5, 0.6) is 5.75 Å². The molecule has 0 aliphatic heterocycles. The molecule has 0 unspecified atom stereocenters. The third-order valence-corrected chi connectivity index (χ3v) is 2.01. The molecule has 4 N–H and O–H groups in total. The van der Waals surface area contributed by atoms with Gasteiger partial charge < -0.3 is 16.2 Å². The highest BCUT2D eigenvalue weighted by atomic mass is 16.3. The molecule has 0 saturated heterocycles. The fourth-order valence-corrected chi connectivity index (χ4v) is 1.23. The number of aryl methyl sites for hydroxylation is 1. The first kappa shape index (κ1) is 10.0. The maximum Gasteiger partial charge on any atom is 0.120 e. The smallest absolute Gasteiger partial charge is 0.120 e. The zero-order valence-electron chi connectivity index (χ0n) is 7.88. The maximum atomic E-state index is 9.52. The normalized spacial score (nSPS) is 10.3. The highest BCUT2D eigenvalue weighted by Gasteiger charge is 2.02. The summed E-state index contributed by atoms with van der Waals surface area (Å²) in [4.78, 5) is 0. The van der Waals surface area contributed by atoms with Gasteiger partial charge in [-0.25, -0.2) is 0 Å². The van der Waals surface area contributed by atoms with Crippen LogP contribution in [0, 0.1) is 6.92 Å². The molecule has 1 aromatic carbocycles. The topological polar surface area (TPSA) is 58.3 Å². The maximum absolute atomic E-state index is 9.52. The molecule has 3 heteroatoms. The van der Waals surface area contributed by atoms with Gasteiger partial charge in [0.1, 0.15) is 5.75 Å². The van der Waals surface area contributed by atoms with E-state index in [1.807, 2.05) is 19.1 Å². The molecule has 0 aromatic heterocycles. The predicted molar refractivity (Wildman–Crippen MR) is 53.6 cm³/mol. The summed E-state index contributed by atoms with van der Waals surface area (Å²) < 4.78 is 0. The van der Waals surface area contributed by atoms with Crippen LogP contribution in [-0.2, 0) is 6.54 Å².